The van der Waals surface area contributed by atoms with Crippen LogP contribution in [0.15, 0.2) is 0 Å². The van der Waals surface area contributed by atoms with Gasteiger partial charge >= 0.3 is 0 Å². The summed E-state index contributed by atoms with van der Waals surface area (Å²) in [6.45, 7) is 3.05. The molecule has 0 spiro atoms. The van der Waals surface area contributed by atoms with Gasteiger partial charge in [-0.2, -0.15) is 0 Å². The third-order valence-electron chi connectivity index (χ3n) is 2.27. The average Bonchev–Trinajstić information content (AvgIpc) is 2.18. The van der Waals surface area contributed by atoms with Crippen LogP contribution in [0.3, 0.4) is 0 Å². The molecule has 0 unspecified atom stereocenters. The Kier molecular flexibility index (Phi) is 4.45. The molecule has 1 aliphatic heterocycles. The van der Waals surface area contributed by atoms with Crippen LogP contribution in [-0.2, 0) is 9.47 Å². The maximum Gasteiger partial charge on any atom is 0.184 e. The fourth-order valence-electron chi connectivity index (χ4n) is 1.54. The van der Waals surface area contributed by atoms with Crippen molar-refractivity contribution in [2.45, 2.75) is 50.7 Å². The Morgan fingerprint density at radius 1 is 1.20 bits per heavy atom. The van der Waals surface area contributed by atoms with E-state index in [1.165, 1.54) is 0 Å². The fourth-order valence-corrected chi connectivity index (χ4v) is 1.54. The molecule has 6 heteroatoms. The van der Waals surface area contributed by atoms with E-state index in [9.17, 15) is 15.3 Å². The third-order valence-corrected chi connectivity index (χ3v) is 2.27. The van der Waals surface area contributed by atoms with Crippen molar-refractivity contribution < 1.29 is 29.9 Å². The largest absolute Gasteiger partial charge is 0.394 e. The van der Waals surface area contributed by atoms with Gasteiger partial charge in [-0.1, -0.05) is 0 Å². The van der Waals surface area contributed by atoms with E-state index >= 15 is 0 Å². The molecule has 1 rings (SSSR count). The molecule has 0 aromatic rings. The first-order valence-electron chi connectivity index (χ1n) is 4.93. The number of hydrogen-bond acceptors (Lipinski definition) is 6. The zero-order valence-electron chi connectivity index (χ0n) is 8.78. The molecular weight excluding hydrogens is 204 g/mol. The van der Waals surface area contributed by atoms with E-state index < -0.39 is 37.3 Å². The van der Waals surface area contributed by atoms with E-state index in [-0.39, 0.29) is 6.10 Å². The Bertz CT molecular complexity index is 197. The first kappa shape index (κ1) is 12.8. The highest BCUT2D eigenvalue weighted by Gasteiger charge is 2.44. The van der Waals surface area contributed by atoms with Gasteiger partial charge in [0.05, 0.1) is 12.7 Å². The van der Waals surface area contributed by atoms with Gasteiger partial charge in [0.25, 0.3) is 0 Å². The predicted molar refractivity (Wildman–Crippen MR) is 50.0 cm³/mol. The Hall–Kier alpha value is -0.240. The van der Waals surface area contributed by atoms with Crippen molar-refractivity contribution >= 4 is 0 Å². The summed E-state index contributed by atoms with van der Waals surface area (Å²) in [5.41, 5.74) is 0. The Balaban J connectivity index is 2.70. The molecule has 4 N–H and O–H groups in total. The second-order valence-electron chi connectivity index (χ2n) is 3.88. The molecular formula is C9H18O6. The van der Waals surface area contributed by atoms with Crippen LogP contribution in [0.4, 0.5) is 0 Å². The van der Waals surface area contributed by atoms with Gasteiger partial charge in [-0.25, -0.2) is 0 Å². The SMILES string of the molecule is CC(C)O[C@@H]1[C@@H](O)[C@@H](O)O[C@H](CO)[C@H]1O. The van der Waals surface area contributed by atoms with Crippen LogP contribution in [0.1, 0.15) is 13.8 Å². The first-order chi connectivity index (χ1) is 6.97. The highest BCUT2D eigenvalue weighted by Crippen LogP contribution is 2.23. The third kappa shape index (κ3) is 2.87. The van der Waals surface area contributed by atoms with E-state index in [1.807, 2.05) is 0 Å². The summed E-state index contributed by atoms with van der Waals surface area (Å²) >= 11 is 0. The molecule has 15 heavy (non-hydrogen) atoms. The van der Waals surface area contributed by atoms with Gasteiger partial charge in [-0.15, -0.1) is 0 Å². The number of aliphatic hydroxyl groups excluding tert-OH is 4. The molecule has 5 atom stereocenters. The minimum absolute atomic E-state index is 0.205. The van der Waals surface area contributed by atoms with Crippen LogP contribution >= 0.6 is 0 Å². The number of aliphatic hydroxyl groups is 4. The van der Waals surface area contributed by atoms with Crippen LogP contribution in [0.2, 0.25) is 0 Å². The zero-order chi connectivity index (χ0) is 11.6. The van der Waals surface area contributed by atoms with Crippen LogP contribution in [0.25, 0.3) is 0 Å². The lowest BCUT2D eigenvalue weighted by Crippen LogP contribution is -2.59. The molecule has 0 radical (unpaired) electrons. The smallest absolute Gasteiger partial charge is 0.184 e. The fraction of sp³-hybridized carbons (Fsp3) is 1.00. The second kappa shape index (κ2) is 5.20. The zero-order valence-corrected chi connectivity index (χ0v) is 8.78. The molecule has 90 valence electrons. The van der Waals surface area contributed by atoms with Gasteiger partial charge in [0.1, 0.15) is 24.4 Å². The summed E-state index contributed by atoms with van der Waals surface area (Å²) in [4.78, 5) is 0. The Labute approximate surface area is 88.1 Å². The van der Waals surface area contributed by atoms with Gasteiger partial charge in [-0.3, -0.25) is 0 Å². The van der Waals surface area contributed by atoms with Crippen molar-refractivity contribution in [1.29, 1.82) is 0 Å². The van der Waals surface area contributed by atoms with Crippen molar-refractivity contribution in [3.8, 4) is 0 Å². The summed E-state index contributed by atoms with van der Waals surface area (Å²) in [7, 11) is 0. The maximum absolute atomic E-state index is 9.68. The molecule has 0 aliphatic carbocycles. The minimum atomic E-state index is -1.45. The average molecular weight is 222 g/mol. The molecule has 0 aromatic carbocycles. The van der Waals surface area contributed by atoms with Gasteiger partial charge in [0.2, 0.25) is 0 Å². The van der Waals surface area contributed by atoms with Crippen molar-refractivity contribution in [2.24, 2.45) is 0 Å². The molecule has 1 aliphatic rings. The van der Waals surface area contributed by atoms with Gasteiger partial charge in [0.15, 0.2) is 6.29 Å². The summed E-state index contributed by atoms with van der Waals surface area (Å²) in [5.74, 6) is 0. The molecule has 6 nitrogen and oxygen atoms in total. The van der Waals surface area contributed by atoms with Crippen molar-refractivity contribution in [1.82, 2.24) is 0 Å². The van der Waals surface area contributed by atoms with Gasteiger partial charge in [-0.05, 0) is 13.8 Å². The van der Waals surface area contributed by atoms with E-state index in [1.54, 1.807) is 13.8 Å². The maximum atomic E-state index is 9.68. The molecule has 1 fully saturated rings. The monoisotopic (exact) mass is 222 g/mol. The van der Waals surface area contributed by atoms with E-state index in [0.717, 1.165) is 0 Å². The van der Waals surface area contributed by atoms with E-state index in [0.29, 0.717) is 0 Å². The topological polar surface area (TPSA) is 99.4 Å². The van der Waals surface area contributed by atoms with E-state index in [2.05, 4.69) is 0 Å². The first-order valence-corrected chi connectivity index (χ1v) is 4.93. The predicted octanol–water partition coefficient (Wildman–Crippen LogP) is -1.79. The normalized spacial score (nSPS) is 42.2. The lowest BCUT2D eigenvalue weighted by molar-refractivity contribution is -0.298. The summed E-state index contributed by atoms with van der Waals surface area (Å²) in [5, 5.41) is 37.4. The second-order valence-corrected chi connectivity index (χ2v) is 3.88. The summed E-state index contributed by atoms with van der Waals surface area (Å²) in [6, 6.07) is 0. The van der Waals surface area contributed by atoms with Crippen molar-refractivity contribution in [2.75, 3.05) is 6.61 Å². The molecule has 1 saturated heterocycles. The quantitative estimate of drug-likeness (QED) is 0.450. The molecule has 0 saturated carbocycles. The van der Waals surface area contributed by atoms with Crippen LogP contribution in [0, 0.1) is 0 Å². The van der Waals surface area contributed by atoms with Crippen LogP contribution < -0.4 is 0 Å². The minimum Gasteiger partial charge on any atom is -0.394 e. The van der Waals surface area contributed by atoms with E-state index in [4.69, 9.17) is 14.6 Å². The molecule has 0 amide bonds. The summed E-state index contributed by atoms with van der Waals surface area (Å²) < 4.78 is 10.1. The van der Waals surface area contributed by atoms with Crippen molar-refractivity contribution in [3.05, 3.63) is 0 Å². The van der Waals surface area contributed by atoms with Gasteiger partial charge in [0, 0.05) is 0 Å². The van der Waals surface area contributed by atoms with Crippen molar-refractivity contribution in [3.63, 3.8) is 0 Å². The highest BCUT2D eigenvalue weighted by atomic mass is 16.6. The summed E-state index contributed by atoms with van der Waals surface area (Å²) in [6.07, 6.45) is -6.02. The van der Waals surface area contributed by atoms with Crippen LogP contribution in [-0.4, -0.2) is 63.8 Å². The highest BCUT2D eigenvalue weighted by molar-refractivity contribution is 4.89. The van der Waals surface area contributed by atoms with Crippen LogP contribution in [0.5, 0.6) is 0 Å². The lowest BCUT2D eigenvalue weighted by atomic mass is 9.99. The molecule has 1 heterocycles. The van der Waals surface area contributed by atoms with Gasteiger partial charge < -0.3 is 29.9 Å². The number of ether oxygens (including phenoxy) is 2. The molecule has 0 bridgehead atoms. The molecule has 0 aromatic heterocycles. The Morgan fingerprint density at radius 2 is 1.80 bits per heavy atom. The lowest BCUT2D eigenvalue weighted by Gasteiger charge is -2.40. The number of rotatable bonds is 3. The standard InChI is InChI=1S/C9H18O6/c1-4(2)14-8-6(11)5(3-10)15-9(13)7(8)12/h4-13H,3H2,1-2H3/t5-,6-,7-,8+,9+/m1/s1. The number of hydrogen-bond donors (Lipinski definition) is 4. The Morgan fingerprint density at radius 3 is 2.27 bits per heavy atom.